The average molecular weight is 273 g/mol. The first kappa shape index (κ1) is 14.8. The molecule has 2 atom stereocenters. The molecule has 1 aliphatic rings. The van der Waals surface area contributed by atoms with E-state index in [1.54, 1.807) is 6.21 Å². The monoisotopic (exact) mass is 273 g/mol. The molecule has 2 unspecified atom stereocenters. The number of para-hydroxylation sites is 1. The number of aliphatic hydroxyl groups is 1. The van der Waals surface area contributed by atoms with Crippen molar-refractivity contribution in [3.8, 4) is 0 Å². The Kier molecular flexibility index (Phi) is 4.93. The summed E-state index contributed by atoms with van der Waals surface area (Å²) in [6, 6.07) is 8.30. The Labute approximate surface area is 120 Å². The highest BCUT2D eigenvalue weighted by Crippen LogP contribution is 2.22. The van der Waals surface area contributed by atoms with Crippen LogP contribution < -0.4 is 10.7 Å². The van der Waals surface area contributed by atoms with E-state index in [9.17, 15) is 5.11 Å². The van der Waals surface area contributed by atoms with E-state index in [0.717, 1.165) is 23.2 Å². The molecule has 0 saturated carbocycles. The van der Waals surface area contributed by atoms with Crippen molar-refractivity contribution in [1.82, 2.24) is 5.32 Å². The third-order valence-corrected chi connectivity index (χ3v) is 3.39. The molecule has 108 valence electrons. The Balaban J connectivity index is 2.25. The van der Waals surface area contributed by atoms with Gasteiger partial charge in [0.05, 0.1) is 18.0 Å². The van der Waals surface area contributed by atoms with Gasteiger partial charge in [0.25, 0.3) is 0 Å². The molecule has 1 aromatic rings. The summed E-state index contributed by atoms with van der Waals surface area (Å²) in [6.07, 6.45) is 3.99. The second-order valence-corrected chi connectivity index (χ2v) is 5.38. The molecule has 20 heavy (non-hydrogen) atoms. The van der Waals surface area contributed by atoms with E-state index in [0.29, 0.717) is 6.04 Å². The Bertz CT molecular complexity index is 508. The maximum absolute atomic E-state index is 10.6. The first-order chi connectivity index (χ1) is 9.61. The van der Waals surface area contributed by atoms with Crippen LogP contribution in [-0.2, 0) is 0 Å². The summed E-state index contributed by atoms with van der Waals surface area (Å²) in [5, 5.41) is 18.2. The zero-order valence-electron chi connectivity index (χ0n) is 12.3. The van der Waals surface area contributed by atoms with Gasteiger partial charge >= 0.3 is 0 Å². The summed E-state index contributed by atoms with van der Waals surface area (Å²) < 4.78 is 0. The molecule has 1 aliphatic heterocycles. The largest absolute Gasteiger partial charge is 0.387 e. The molecule has 0 aliphatic carbocycles. The van der Waals surface area contributed by atoms with E-state index in [1.807, 2.05) is 30.3 Å². The predicted octanol–water partition coefficient (Wildman–Crippen LogP) is 2.62. The van der Waals surface area contributed by atoms with Crippen molar-refractivity contribution in [2.45, 2.75) is 45.4 Å². The number of rotatable bonds is 5. The minimum Gasteiger partial charge on any atom is -0.387 e. The van der Waals surface area contributed by atoms with E-state index in [4.69, 9.17) is 0 Å². The summed E-state index contributed by atoms with van der Waals surface area (Å²) >= 11 is 0. The van der Waals surface area contributed by atoms with Crippen LogP contribution in [-0.4, -0.2) is 29.5 Å². The molecule has 0 aromatic heterocycles. The fraction of sp³-hybridized carbons (Fsp3) is 0.438. The molecule has 3 N–H and O–H groups in total. The summed E-state index contributed by atoms with van der Waals surface area (Å²) in [6.45, 7) is 6.24. The third kappa shape index (κ3) is 3.46. The van der Waals surface area contributed by atoms with E-state index in [-0.39, 0.29) is 6.04 Å². The van der Waals surface area contributed by atoms with Gasteiger partial charge in [0.15, 0.2) is 0 Å². The number of fused-ring (bicyclic) bond motifs is 1. The molecule has 4 nitrogen and oxygen atoms in total. The molecule has 0 spiro atoms. The first-order valence-electron chi connectivity index (χ1n) is 7.15. The molecular formula is C16H23N3O. The van der Waals surface area contributed by atoms with Crippen molar-refractivity contribution in [1.29, 1.82) is 0 Å². The average Bonchev–Trinajstić information content (AvgIpc) is 2.65. The van der Waals surface area contributed by atoms with Crippen molar-refractivity contribution >= 4 is 18.0 Å². The van der Waals surface area contributed by atoms with Crippen molar-refractivity contribution < 1.29 is 5.11 Å². The van der Waals surface area contributed by atoms with Crippen LogP contribution >= 0.6 is 0 Å². The highest BCUT2D eigenvalue weighted by molar-refractivity contribution is 5.91. The molecule has 0 bridgehead atoms. The van der Waals surface area contributed by atoms with E-state index >= 15 is 0 Å². The summed E-state index contributed by atoms with van der Waals surface area (Å²) in [5.41, 5.74) is 5.81. The lowest BCUT2D eigenvalue weighted by Gasteiger charge is -2.25. The molecule has 0 amide bonds. The zero-order valence-corrected chi connectivity index (χ0v) is 12.3. The van der Waals surface area contributed by atoms with Crippen LogP contribution in [0.5, 0.6) is 0 Å². The normalized spacial score (nSPS) is 16.9. The van der Waals surface area contributed by atoms with Gasteiger partial charge in [-0.15, -0.1) is 0 Å². The summed E-state index contributed by atoms with van der Waals surface area (Å²) in [7, 11) is 0. The maximum atomic E-state index is 10.6. The Morgan fingerprint density at radius 3 is 2.75 bits per heavy atom. The van der Waals surface area contributed by atoms with Gasteiger partial charge in [0.1, 0.15) is 0 Å². The van der Waals surface area contributed by atoms with E-state index < -0.39 is 6.10 Å². The highest BCUT2D eigenvalue weighted by Gasteiger charge is 2.22. The van der Waals surface area contributed by atoms with Gasteiger partial charge in [-0.3, -0.25) is 5.43 Å². The molecule has 1 heterocycles. The molecule has 0 saturated heterocycles. The second-order valence-electron chi connectivity index (χ2n) is 5.38. The number of hydrogen-bond acceptors (Lipinski definition) is 4. The Hall–Kier alpha value is -1.65. The third-order valence-electron chi connectivity index (χ3n) is 3.39. The van der Waals surface area contributed by atoms with Crippen LogP contribution in [0.15, 0.2) is 34.9 Å². The van der Waals surface area contributed by atoms with Gasteiger partial charge in [0, 0.05) is 17.7 Å². The van der Waals surface area contributed by atoms with Gasteiger partial charge in [0.2, 0.25) is 0 Å². The fourth-order valence-electron chi connectivity index (χ4n) is 2.37. The van der Waals surface area contributed by atoms with Crippen LogP contribution in [0.3, 0.4) is 0 Å². The van der Waals surface area contributed by atoms with Gasteiger partial charge in [-0.1, -0.05) is 39.0 Å². The number of anilines is 1. The van der Waals surface area contributed by atoms with Crippen molar-refractivity contribution in [3.63, 3.8) is 0 Å². The summed E-state index contributed by atoms with van der Waals surface area (Å²) in [5.74, 6) is 0. The lowest BCUT2D eigenvalue weighted by Crippen LogP contribution is -2.44. The van der Waals surface area contributed by atoms with Crippen LogP contribution in [0.1, 0.15) is 32.8 Å². The minimum absolute atomic E-state index is 0.0259. The van der Waals surface area contributed by atoms with Crippen LogP contribution in [0.2, 0.25) is 0 Å². The number of nitrogens with zero attached hydrogens (tertiary/aromatic N) is 1. The summed E-state index contributed by atoms with van der Waals surface area (Å²) in [4.78, 5) is 0. The maximum Gasteiger partial charge on any atom is 0.0958 e. The van der Waals surface area contributed by atoms with Gasteiger partial charge in [-0.25, -0.2) is 0 Å². The lowest BCUT2D eigenvalue weighted by molar-refractivity contribution is 0.159. The molecular weight excluding hydrogens is 250 g/mol. The SMILES string of the molecule is CCC(NC(C)C)C(O)C1=Cc2ccccc2NN=C1. The number of hydrazone groups is 1. The van der Waals surface area contributed by atoms with Crippen LogP contribution in [0, 0.1) is 0 Å². The van der Waals surface area contributed by atoms with Gasteiger partial charge < -0.3 is 10.4 Å². The van der Waals surface area contributed by atoms with Crippen molar-refractivity contribution in [3.05, 3.63) is 35.4 Å². The minimum atomic E-state index is -0.570. The van der Waals surface area contributed by atoms with Gasteiger partial charge in [-0.2, -0.15) is 5.10 Å². The number of nitrogens with one attached hydrogen (secondary N) is 2. The molecule has 4 heteroatoms. The highest BCUT2D eigenvalue weighted by atomic mass is 16.3. The molecule has 2 rings (SSSR count). The van der Waals surface area contributed by atoms with Crippen LogP contribution in [0.4, 0.5) is 5.69 Å². The first-order valence-corrected chi connectivity index (χ1v) is 7.15. The van der Waals surface area contributed by atoms with Crippen molar-refractivity contribution in [2.75, 3.05) is 5.43 Å². The number of aliphatic hydroxyl groups excluding tert-OH is 1. The Morgan fingerprint density at radius 1 is 1.30 bits per heavy atom. The zero-order chi connectivity index (χ0) is 14.5. The molecule has 1 aromatic carbocycles. The van der Waals surface area contributed by atoms with Crippen molar-refractivity contribution in [2.24, 2.45) is 5.10 Å². The fourth-order valence-corrected chi connectivity index (χ4v) is 2.37. The Morgan fingerprint density at radius 2 is 2.05 bits per heavy atom. The second kappa shape index (κ2) is 6.68. The standard InChI is InChI=1S/C16H23N3O/c1-4-14(18-11(2)3)16(20)13-9-12-7-5-6-8-15(12)19-17-10-13/h5-11,14,16,18-20H,4H2,1-3H3. The number of hydrogen-bond donors (Lipinski definition) is 3. The molecule has 0 radical (unpaired) electrons. The number of benzene rings is 1. The van der Waals surface area contributed by atoms with Gasteiger partial charge in [-0.05, 0) is 24.1 Å². The van der Waals surface area contributed by atoms with E-state index in [1.165, 1.54) is 0 Å². The quantitative estimate of drug-likeness (QED) is 0.773. The lowest BCUT2D eigenvalue weighted by atomic mass is 9.98. The topological polar surface area (TPSA) is 56.6 Å². The predicted molar refractivity (Wildman–Crippen MR) is 84.9 cm³/mol. The van der Waals surface area contributed by atoms with Crippen LogP contribution in [0.25, 0.3) is 6.08 Å². The smallest absolute Gasteiger partial charge is 0.0958 e. The molecule has 0 fully saturated rings. The van der Waals surface area contributed by atoms with E-state index in [2.05, 4.69) is 36.6 Å².